The van der Waals surface area contributed by atoms with Crippen LogP contribution in [0.4, 0.5) is 4.79 Å². The minimum absolute atomic E-state index is 0.357. The van der Waals surface area contributed by atoms with Crippen LogP contribution in [0.15, 0.2) is 0 Å². The lowest BCUT2D eigenvalue weighted by atomic mass is 10.6. The SMILES string of the molecule is CSCCN(C)C(N)=O. The van der Waals surface area contributed by atoms with E-state index in [4.69, 9.17) is 5.73 Å². The molecule has 0 saturated carbocycles. The maximum atomic E-state index is 10.3. The third-order valence-corrected chi connectivity index (χ3v) is 1.60. The van der Waals surface area contributed by atoms with E-state index in [1.54, 1.807) is 18.8 Å². The molecule has 54 valence electrons. The average molecular weight is 148 g/mol. The lowest BCUT2D eigenvalue weighted by Crippen LogP contribution is -2.33. The van der Waals surface area contributed by atoms with Crippen LogP contribution in [0.5, 0.6) is 0 Å². The van der Waals surface area contributed by atoms with Crippen LogP contribution in [0, 0.1) is 0 Å². The Morgan fingerprint density at radius 2 is 2.33 bits per heavy atom. The van der Waals surface area contributed by atoms with E-state index in [-0.39, 0.29) is 6.03 Å². The summed E-state index contributed by atoms with van der Waals surface area (Å²) in [5.41, 5.74) is 4.95. The van der Waals surface area contributed by atoms with Crippen molar-refractivity contribution in [3.63, 3.8) is 0 Å². The van der Waals surface area contributed by atoms with Gasteiger partial charge in [-0.15, -0.1) is 0 Å². The predicted molar refractivity (Wildman–Crippen MR) is 40.6 cm³/mol. The fraction of sp³-hybridized carbons (Fsp3) is 0.800. The number of primary amides is 1. The molecule has 0 saturated heterocycles. The summed E-state index contributed by atoms with van der Waals surface area (Å²) in [7, 11) is 1.69. The Kier molecular flexibility index (Phi) is 4.30. The van der Waals surface area contributed by atoms with Gasteiger partial charge in [-0.05, 0) is 6.26 Å². The first-order valence-electron chi connectivity index (χ1n) is 2.68. The zero-order chi connectivity index (χ0) is 7.28. The molecule has 0 atom stereocenters. The highest BCUT2D eigenvalue weighted by atomic mass is 32.2. The van der Waals surface area contributed by atoms with Crippen molar-refractivity contribution in [2.45, 2.75) is 0 Å². The second kappa shape index (κ2) is 4.49. The van der Waals surface area contributed by atoms with Crippen molar-refractivity contribution in [3.8, 4) is 0 Å². The predicted octanol–water partition coefficient (Wildman–Crippen LogP) is 0.360. The molecular formula is C5H12N2OS. The van der Waals surface area contributed by atoms with Gasteiger partial charge in [0, 0.05) is 19.3 Å². The van der Waals surface area contributed by atoms with Crippen LogP contribution in [-0.4, -0.2) is 36.5 Å². The zero-order valence-corrected chi connectivity index (χ0v) is 6.57. The Labute approximate surface area is 59.6 Å². The van der Waals surface area contributed by atoms with Gasteiger partial charge in [0.05, 0.1) is 0 Å². The molecule has 0 heterocycles. The molecule has 0 aromatic carbocycles. The second-order valence-electron chi connectivity index (χ2n) is 1.75. The first kappa shape index (κ1) is 8.62. The molecule has 9 heavy (non-hydrogen) atoms. The Balaban J connectivity index is 3.27. The molecule has 0 fully saturated rings. The number of thioether (sulfide) groups is 1. The van der Waals surface area contributed by atoms with Gasteiger partial charge in [-0.3, -0.25) is 0 Å². The van der Waals surface area contributed by atoms with Crippen LogP contribution < -0.4 is 5.73 Å². The van der Waals surface area contributed by atoms with Crippen molar-refractivity contribution in [1.29, 1.82) is 0 Å². The molecule has 0 aliphatic carbocycles. The number of rotatable bonds is 3. The molecule has 0 unspecified atom stereocenters. The largest absolute Gasteiger partial charge is 0.351 e. The summed E-state index contributed by atoms with van der Waals surface area (Å²) >= 11 is 1.70. The first-order valence-corrected chi connectivity index (χ1v) is 4.07. The number of hydrogen-bond donors (Lipinski definition) is 1. The van der Waals surface area contributed by atoms with Gasteiger partial charge in [0.15, 0.2) is 0 Å². The Hall–Kier alpha value is -0.380. The molecule has 2 N–H and O–H groups in total. The number of urea groups is 1. The van der Waals surface area contributed by atoms with E-state index in [1.807, 2.05) is 6.26 Å². The molecule has 3 nitrogen and oxygen atoms in total. The Morgan fingerprint density at radius 1 is 1.78 bits per heavy atom. The molecule has 0 spiro atoms. The zero-order valence-electron chi connectivity index (χ0n) is 5.76. The number of nitrogens with two attached hydrogens (primary N) is 1. The van der Waals surface area contributed by atoms with Gasteiger partial charge in [-0.25, -0.2) is 4.79 Å². The Bertz CT molecular complexity index is 97.0. The third kappa shape index (κ3) is 4.14. The summed E-state index contributed by atoms with van der Waals surface area (Å²) in [4.78, 5) is 11.8. The van der Waals surface area contributed by atoms with Crippen LogP contribution in [0.2, 0.25) is 0 Å². The third-order valence-electron chi connectivity index (χ3n) is 1.01. The van der Waals surface area contributed by atoms with Gasteiger partial charge in [-0.1, -0.05) is 0 Å². The normalized spacial score (nSPS) is 9.11. The van der Waals surface area contributed by atoms with Crippen molar-refractivity contribution >= 4 is 17.8 Å². The van der Waals surface area contributed by atoms with Crippen molar-refractivity contribution < 1.29 is 4.79 Å². The van der Waals surface area contributed by atoms with Gasteiger partial charge < -0.3 is 10.6 Å². The summed E-state index contributed by atoms with van der Waals surface area (Å²) in [6, 6.07) is -0.357. The topological polar surface area (TPSA) is 46.3 Å². The highest BCUT2D eigenvalue weighted by Crippen LogP contribution is 1.91. The molecular weight excluding hydrogens is 136 g/mol. The van der Waals surface area contributed by atoms with Crippen LogP contribution in [0.25, 0.3) is 0 Å². The van der Waals surface area contributed by atoms with Crippen molar-refractivity contribution in [1.82, 2.24) is 4.90 Å². The van der Waals surface area contributed by atoms with Crippen molar-refractivity contribution in [2.24, 2.45) is 5.73 Å². The van der Waals surface area contributed by atoms with Gasteiger partial charge in [-0.2, -0.15) is 11.8 Å². The highest BCUT2D eigenvalue weighted by Gasteiger charge is 1.99. The molecule has 0 aliphatic rings. The van der Waals surface area contributed by atoms with Crippen LogP contribution >= 0.6 is 11.8 Å². The van der Waals surface area contributed by atoms with Crippen LogP contribution in [0.1, 0.15) is 0 Å². The smallest absolute Gasteiger partial charge is 0.314 e. The van der Waals surface area contributed by atoms with Crippen molar-refractivity contribution in [3.05, 3.63) is 0 Å². The molecule has 0 radical (unpaired) electrons. The molecule has 0 aromatic heterocycles. The highest BCUT2D eigenvalue weighted by molar-refractivity contribution is 7.98. The number of nitrogens with zero attached hydrogens (tertiary/aromatic N) is 1. The van der Waals surface area contributed by atoms with Crippen LogP contribution in [-0.2, 0) is 0 Å². The number of carbonyl (C=O) groups excluding carboxylic acids is 1. The average Bonchev–Trinajstić information content (AvgIpc) is 1.82. The molecule has 4 heteroatoms. The first-order chi connectivity index (χ1) is 4.18. The van der Waals surface area contributed by atoms with Gasteiger partial charge in [0.1, 0.15) is 0 Å². The fourth-order valence-corrected chi connectivity index (χ4v) is 0.795. The molecule has 0 bridgehead atoms. The summed E-state index contributed by atoms with van der Waals surface area (Å²) < 4.78 is 0. The quantitative estimate of drug-likeness (QED) is 0.628. The van der Waals surface area contributed by atoms with E-state index in [9.17, 15) is 4.79 Å². The minimum atomic E-state index is -0.357. The maximum absolute atomic E-state index is 10.3. The number of hydrogen-bond acceptors (Lipinski definition) is 2. The minimum Gasteiger partial charge on any atom is -0.351 e. The van der Waals surface area contributed by atoms with Crippen molar-refractivity contribution in [2.75, 3.05) is 25.6 Å². The van der Waals surface area contributed by atoms with Gasteiger partial charge in [0.2, 0.25) is 0 Å². The van der Waals surface area contributed by atoms with E-state index in [0.717, 1.165) is 12.3 Å². The maximum Gasteiger partial charge on any atom is 0.314 e. The number of carbonyl (C=O) groups is 1. The molecule has 2 amide bonds. The molecule has 0 aliphatic heterocycles. The van der Waals surface area contributed by atoms with E-state index in [1.165, 1.54) is 4.90 Å². The fourth-order valence-electron chi connectivity index (χ4n) is 0.338. The van der Waals surface area contributed by atoms with Crippen LogP contribution in [0.3, 0.4) is 0 Å². The lowest BCUT2D eigenvalue weighted by Gasteiger charge is -2.11. The second-order valence-corrected chi connectivity index (χ2v) is 2.74. The summed E-state index contributed by atoms with van der Waals surface area (Å²) in [6.45, 7) is 0.733. The lowest BCUT2D eigenvalue weighted by molar-refractivity contribution is 0.221. The monoisotopic (exact) mass is 148 g/mol. The van der Waals surface area contributed by atoms with E-state index in [2.05, 4.69) is 0 Å². The summed E-state index contributed by atoms with van der Waals surface area (Å²) in [6.07, 6.45) is 1.99. The number of amides is 2. The standard InChI is InChI=1S/C5H12N2OS/c1-7(5(6)8)3-4-9-2/h3-4H2,1-2H3,(H2,6,8). The molecule has 0 aromatic rings. The van der Waals surface area contributed by atoms with E-state index in [0.29, 0.717) is 0 Å². The van der Waals surface area contributed by atoms with Gasteiger partial charge in [0.25, 0.3) is 0 Å². The summed E-state index contributed by atoms with van der Waals surface area (Å²) in [5, 5.41) is 0. The van der Waals surface area contributed by atoms with E-state index < -0.39 is 0 Å². The van der Waals surface area contributed by atoms with E-state index >= 15 is 0 Å². The molecule has 0 rings (SSSR count). The summed E-state index contributed by atoms with van der Waals surface area (Å²) in [5.74, 6) is 0.944. The van der Waals surface area contributed by atoms with Gasteiger partial charge >= 0.3 is 6.03 Å². The Morgan fingerprint density at radius 3 is 2.67 bits per heavy atom.